The Labute approximate surface area is 99.7 Å². The molecule has 3 nitrogen and oxygen atoms in total. The number of rotatable bonds is 9. The zero-order valence-electron chi connectivity index (χ0n) is 10.6. The summed E-state index contributed by atoms with van der Waals surface area (Å²) in [4.78, 5) is 0. The quantitative estimate of drug-likeness (QED) is 0.618. The minimum absolute atomic E-state index is 0.349. The van der Waals surface area contributed by atoms with Crippen molar-refractivity contribution in [3.8, 4) is 0 Å². The molecular formula is C13H27NO2. The van der Waals surface area contributed by atoms with Crippen LogP contribution in [-0.4, -0.2) is 32.0 Å². The average Bonchev–Trinajstić information content (AvgIpc) is 2.77. The molecule has 2 N–H and O–H groups in total. The van der Waals surface area contributed by atoms with E-state index in [0.717, 1.165) is 39.1 Å². The van der Waals surface area contributed by atoms with Crippen molar-refractivity contribution in [2.45, 2.75) is 64.0 Å². The van der Waals surface area contributed by atoms with Gasteiger partial charge in [0.15, 0.2) is 0 Å². The predicted octanol–water partition coefficient (Wildman–Crippen LogP) is 2.48. The van der Waals surface area contributed by atoms with E-state index in [1.54, 1.807) is 0 Å². The Morgan fingerprint density at radius 1 is 1.38 bits per heavy atom. The minimum Gasteiger partial charge on any atom is -0.382 e. The molecule has 0 amide bonds. The predicted molar refractivity (Wildman–Crippen MR) is 66.5 cm³/mol. The summed E-state index contributed by atoms with van der Waals surface area (Å²) in [7, 11) is 0. The highest BCUT2D eigenvalue weighted by molar-refractivity contribution is 4.67. The zero-order valence-corrected chi connectivity index (χ0v) is 10.6. The maximum absolute atomic E-state index is 6.04. The molecule has 1 rings (SSSR count). The van der Waals surface area contributed by atoms with E-state index in [9.17, 15) is 0 Å². The van der Waals surface area contributed by atoms with Crippen molar-refractivity contribution in [2.24, 2.45) is 5.73 Å². The van der Waals surface area contributed by atoms with E-state index in [1.165, 1.54) is 25.7 Å². The van der Waals surface area contributed by atoms with E-state index >= 15 is 0 Å². The van der Waals surface area contributed by atoms with Crippen molar-refractivity contribution >= 4 is 0 Å². The van der Waals surface area contributed by atoms with E-state index < -0.39 is 0 Å². The number of hydrogen-bond acceptors (Lipinski definition) is 3. The van der Waals surface area contributed by atoms with Gasteiger partial charge in [0.05, 0.1) is 6.10 Å². The van der Waals surface area contributed by atoms with Crippen molar-refractivity contribution in [2.75, 3.05) is 19.8 Å². The average molecular weight is 229 g/mol. The molecule has 1 saturated heterocycles. The summed E-state index contributed by atoms with van der Waals surface area (Å²) < 4.78 is 10.9. The lowest BCUT2D eigenvalue weighted by molar-refractivity contribution is 0.101. The van der Waals surface area contributed by atoms with E-state index in [0.29, 0.717) is 12.1 Å². The molecule has 1 aliphatic heterocycles. The maximum Gasteiger partial charge on any atom is 0.0576 e. The molecule has 0 aromatic rings. The Morgan fingerprint density at radius 3 is 2.88 bits per heavy atom. The molecule has 0 radical (unpaired) electrons. The topological polar surface area (TPSA) is 44.5 Å². The van der Waals surface area contributed by atoms with Gasteiger partial charge in [-0.2, -0.15) is 0 Å². The SMILES string of the molecule is CCOCCCC(N)CCCC1CCCO1. The van der Waals surface area contributed by atoms with Gasteiger partial charge >= 0.3 is 0 Å². The number of hydrogen-bond donors (Lipinski definition) is 1. The van der Waals surface area contributed by atoms with Crippen LogP contribution in [0.25, 0.3) is 0 Å². The van der Waals surface area contributed by atoms with Crippen molar-refractivity contribution in [3.63, 3.8) is 0 Å². The van der Waals surface area contributed by atoms with Gasteiger partial charge in [-0.25, -0.2) is 0 Å². The molecule has 1 aliphatic rings. The Kier molecular flexibility index (Phi) is 7.81. The van der Waals surface area contributed by atoms with Gasteiger partial charge < -0.3 is 15.2 Å². The molecule has 0 aromatic heterocycles. The third-order valence-corrected chi connectivity index (χ3v) is 3.19. The fourth-order valence-corrected chi connectivity index (χ4v) is 2.22. The van der Waals surface area contributed by atoms with Gasteiger partial charge in [-0.3, -0.25) is 0 Å². The van der Waals surface area contributed by atoms with Crippen LogP contribution < -0.4 is 5.73 Å². The lowest BCUT2D eigenvalue weighted by Crippen LogP contribution is -2.21. The van der Waals surface area contributed by atoms with Gasteiger partial charge in [0.1, 0.15) is 0 Å². The normalized spacial score (nSPS) is 22.5. The molecule has 2 unspecified atom stereocenters. The largest absolute Gasteiger partial charge is 0.382 e. The molecular weight excluding hydrogens is 202 g/mol. The Morgan fingerprint density at radius 2 is 2.19 bits per heavy atom. The second-order valence-electron chi connectivity index (χ2n) is 4.67. The first-order valence-electron chi connectivity index (χ1n) is 6.78. The smallest absolute Gasteiger partial charge is 0.0576 e. The summed E-state index contributed by atoms with van der Waals surface area (Å²) >= 11 is 0. The number of nitrogens with two attached hydrogens (primary N) is 1. The van der Waals surface area contributed by atoms with Crippen LogP contribution in [0.15, 0.2) is 0 Å². The van der Waals surface area contributed by atoms with Gasteiger partial charge in [0.25, 0.3) is 0 Å². The first kappa shape index (κ1) is 13.9. The van der Waals surface area contributed by atoms with Gasteiger partial charge in [0.2, 0.25) is 0 Å². The molecule has 96 valence electrons. The molecule has 0 aromatic carbocycles. The minimum atomic E-state index is 0.349. The number of ether oxygens (including phenoxy) is 2. The lowest BCUT2D eigenvalue weighted by atomic mass is 10.0. The zero-order chi connectivity index (χ0) is 11.6. The van der Waals surface area contributed by atoms with Gasteiger partial charge in [-0.05, 0) is 51.9 Å². The molecule has 0 spiro atoms. The first-order chi connectivity index (χ1) is 7.83. The molecule has 3 heteroatoms. The van der Waals surface area contributed by atoms with Crippen molar-refractivity contribution in [3.05, 3.63) is 0 Å². The molecule has 1 fully saturated rings. The van der Waals surface area contributed by atoms with Gasteiger partial charge in [0, 0.05) is 25.9 Å². The highest BCUT2D eigenvalue weighted by Crippen LogP contribution is 2.18. The lowest BCUT2D eigenvalue weighted by Gasteiger charge is -2.13. The van der Waals surface area contributed by atoms with Crippen LogP contribution in [0, 0.1) is 0 Å². The monoisotopic (exact) mass is 229 g/mol. The van der Waals surface area contributed by atoms with Gasteiger partial charge in [-0.15, -0.1) is 0 Å². The molecule has 1 heterocycles. The van der Waals surface area contributed by atoms with Crippen LogP contribution >= 0.6 is 0 Å². The summed E-state index contributed by atoms with van der Waals surface area (Å²) in [5.74, 6) is 0. The Bertz CT molecular complexity index is 158. The van der Waals surface area contributed by atoms with Crippen LogP contribution in [0.2, 0.25) is 0 Å². The molecule has 0 saturated carbocycles. The summed E-state index contributed by atoms with van der Waals surface area (Å²) in [5, 5.41) is 0. The second-order valence-corrected chi connectivity index (χ2v) is 4.67. The Hall–Kier alpha value is -0.120. The van der Waals surface area contributed by atoms with Crippen LogP contribution in [0.5, 0.6) is 0 Å². The second kappa shape index (κ2) is 8.97. The van der Waals surface area contributed by atoms with Crippen LogP contribution in [0.1, 0.15) is 51.9 Å². The summed E-state index contributed by atoms with van der Waals surface area (Å²) in [5.41, 5.74) is 6.04. The molecule has 0 bridgehead atoms. The summed E-state index contributed by atoms with van der Waals surface area (Å²) in [6.45, 7) is 4.66. The highest BCUT2D eigenvalue weighted by atomic mass is 16.5. The standard InChI is InChI=1S/C13H27NO2/c1-2-15-10-4-7-12(14)6-3-8-13-9-5-11-16-13/h12-13H,2-11,14H2,1H3. The fourth-order valence-electron chi connectivity index (χ4n) is 2.22. The van der Waals surface area contributed by atoms with E-state index in [4.69, 9.17) is 15.2 Å². The van der Waals surface area contributed by atoms with Crippen molar-refractivity contribution in [1.29, 1.82) is 0 Å². The summed E-state index contributed by atoms with van der Waals surface area (Å²) in [6, 6.07) is 0.349. The fraction of sp³-hybridized carbons (Fsp3) is 1.00. The summed E-state index contributed by atoms with van der Waals surface area (Å²) in [6.07, 6.45) is 8.73. The van der Waals surface area contributed by atoms with Crippen molar-refractivity contribution < 1.29 is 9.47 Å². The van der Waals surface area contributed by atoms with Crippen molar-refractivity contribution in [1.82, 2.24) is 0 Å². The molecule has 0 aliphatic carbocycles. The van der Waals surface area contributed by atoms with E-state index in [-0.39, 0.29) is 0 Å². The van der Waals surface area contributed by atoms with Crippen LogP contribution in [0.4, 0.5) is 0 Å². The maximum atomic E-state index is 6.04. The third kappa shape index (κ3) is 6.46. The Balaban J connectivity index is 1.87. The molecule has 16 heavy (non-hydrogen) atoms. The van der Waals surface area contributed by atoms with Crippen LogP contribution in [-0.2, 0) is 9.47 Å². The van der Waals surface area contributed by atoms with Gasteiger partial charge in [-0.1, -0.05) is 0 Å². The van der Waals surface area contributed by atoms with E-state index in [2.05, 4.69) is 0 Å². The molecule has 2 atom stereocenters. The highest BCUT2D eigenvalue weighted by Gasteiger charge is 2.15. The third-order valence-electron chi connectivity index (χ3n) is 3.19. The van der Waals surface area contributed by atoms with E-state index in [1.807, 2.05) is 6.92 Å². The van der Waals surface area contributed by atoms with Crippen LogP contribution in [0.3, 0.4) is 0 Å². The first-order valence-corrected chi connectivity index (χ1v) is 6.78.